The van der Waals surface area contributed by atoms with Crippen LogP contribution in [-0.2, 0) is 28.0 Å². The second kappa shape index (κ2) is 12.5. The zero-order valence-corrected chi connectivity index (χ0v) is 25.9. The number of benzene rings is 2. The van der Waals surface area contributed by atoms with Crippen LogP contribution in [0.3, 0.4) is 0 Å². The van der Waals surface area contributed by atoms with Crippen LogP contribution in [0.4, 0.5) is 0 Å². The molecule has 1 fully saturated rings. The second-order valence-electron chi connectivity index (χ2n) is 10.3. The third-order valence-corrected chi connectivity index (χ3v) is 10.2. The number of hydrogen-bond donors (Lipinski definition) is 3. The molecule has 2 aromatic heterocycles. The summed E-state index contributed by atoms with van der Waals surface area (Å²) < 4.78 is 35.0. The predicted octanol–water partition coefficient (Wildman–Crippen LogP) is 4.89. The molecule has 10 nitrogen and oxygen atoms in total. The number of carbonyl (C=O) groups excluding carboxylic acids is 1. The first-order chi connectivity index (χ1) is 20.5. The maximum Gasteiger partial charge on any atom is 0.245 e. The number of nitrogens with one attached hydrogen (secondary N) is 2. The highest BCUT2D eigenvalue weighted by Crippen LogP contribution is 2.36. The van der Waals surface area contributed by atoms with Crippen molar-refractivity contribution < 1.29 is 17.9 Å². The number of pyridine rings is 2. The normalized spacial score (nSPS) is 15.5. The maximum atomic E-state index is 13.9. The number of nitrogens with two attached hydrogens (primary N) is 1. The number of amides is 1. The summed E-state index contributed by atoms with van der Waals surface area (Å²) in [6.07, 6.45) is 2.31. The molecule has 1 saturated heterocycles. The monoisotopic (exact) mass is 640 g/mol. The van der Waals surface area contributed by atoms with Gasteiger partial charge in [-0.2, -0.15) is 4.31 Å². The first-order valence-electron chi connectivity index (χ1n) is 13.5. The Morgan fingerprint density at radius 1 is 1.19 bits per heavy atom. The van der Waals surface area contributed by atoms with Gasteiger partial charge < -0.3 is 15.8 Å². The van der Waals surface area contributed by atoms with Crippen molar-refractivity contribution in [3.8, 4) is 5.75 Å². The van der Waals surface area contributed by atoms with Gasteiger partial charge in [0.15, 0.2) is 0 Å². The summed E-state index contributed by atoms with van der Waals surface area (Å²) in [4.78, 5) is 21.8. The summed E-state index contributed by atoms with van der Waals surface area (Å²) in [6, 6.07) is 12.8. The first-order valence-corrected chi connectivity index (χ1v) is 15.7. The van der Waals surface area contributed by atoms with E-state index in [-0.39, 0.29) is 40.5 Å². The molecule has 0 saturated carbocycles. The van der Waals surface area contributed by atoms with E-state index in [1.54, 1.807) is 18.2 Å². The molecule has 0 radical (unpaired) electrons. The number of nitrogens with zero attached hydrogens (tertiary/aromatic N) is 3. The number of aromatic nitrogens is 2. The first kappa shape index (κ1) is 30.7. The van der Waals surface area contributed by atoms with Gasteiger partial charge in [-0.05, 0) is 68.7 Å². The number of nitrogen functional groups attached to an aromatic ring is 1. The molecule has 4 aromatic rings. The quantitative estimate of drug-likeness (QED) is 0.174. The molecule has 13 heteroatoms. The Balaban J connectivity index is 1.35. The average molecular weight is 642 g/mol. The van der Waals surface area contributed by atoms with Gasteiger partial charge in [-0.1, -0.05) is 35.3 Å². The lowest BCUT2D eigenvalue weighted by atomic mass is 10.1. The zero-order valence-electron chi connectivity index (χ0n) is 23.5. The van der Waals surface area contributed by atoms with Crippen LogP contribution in [0.2, 0.25) is 10.0 Å². The minimum atomic E-state index is -4.17. The number of hydrogen-bond acceptors (Lipinski definition) is 7. The van der Waals surface area contributed by atoms with Gasteiger partial charge in [0.05, 0.1) is 17.3 Å². The van der Waals surface area contributed by atoms with E-state index in [0.717, 1.165) is 16.6 Å². The highest BCUT2D eigenvalue weighted by atomic mass is 35.5. The summed E-state index contributed by atoms with van der Waals surface area (Å²) >= 11 is 13.2. The molecule has 2 aromatic carbocycles. The Morgan fingerprint density at radius 2 is 1.98 bits per heavy atom. The lowest BCUT2D eigenvalue weighted by molar-refractivity contribution is -0.124. The topological polar surface area (TPSA) is 151 Å². The molecule has 5 rings (SSSR count). The molecule has 1 aliphatic rings. The SMILES string of the molecule is Cc1cc(C)c2cccc(OCc3c(Cl)ccc(S(=O)(=O)N4CCCC4C(=O)NCc4ccc(C(=N)N)cn4)c3Cl)c2n1. The molecule has 1 atom stereocenters. The molecule has 0 spiro atoms. The molecule has 1 unspecified atom stereocenters. The average Bonchev–Trinajstić information content (AvgIpc) is 3.47. The van der Waals surface area contributed by atoms with E-state index in [0.29, 0.717) is 40.9 Å². The van der Waals surface area contributed by atoms with Crippen LogP contribution < -0.4 is 15.8 Å². The molecular weight excluding hydrogens is 611 g/mol. The van der Waals surface area contributed by atoms with Gasteiger partial charge in [-0.15, -0.1) is 0 Å². The minimum Gasteiger partial charge on any atom is -0.487 e. The van der Waals surface area contributed by atoms with Gasteiger partial charge >= 0.3 is 0 Å². The summed E-state index contributed by atoms with van der Waals surface area (Å²) in [5, 5.41) is 11.4. The fourth-order valence-electron chi connectivity index (χ4n) is 5.13. The van der Waals surface area contributed by atoms with Crippen LogP contribution in [0.15, 0.2) is 59.6 Å². The highest BCUT2D eigenvalue weighted by Gasteiger charge is 2.40. The van der Waals surface area contributed by atoms with Crippen molar-refractivity contribution in [2.75, 3.05) is 6.54 Å². The lowest BCUT2D eigenvalue weighted by Crippen LogP contribution is -2.45. The summed E-state index contributed by atoms with van der Waals surface area (Å²) in [6.45, 7) is 4.07. The van der Waals surface area contributed by atoms with Crippen molar-refractivity contribution in [2.24, 2.45) is 5.73 Å². The van der Waals surface area contributed by atoms with E-state index < -0.39 is 22.0 Å². The Hall–Kier alpha value is -3.77. The Labute approximate surface area is 259 Å². The Morgan fingerprint density at radius 3 is 2.70 bits per heavy atom. The van der Waals surface area contributed by atoms with Gasteiger partial charge in [-0.3, -0.25) is 15.2 Å². The van der Waals surface area contributed by atoms with E-state index in [2.05, 4.69) is 15.3 Å². The fourth-order valence-corrected chi connectivity index (χ4v) is 7.65. The van der Waals surface area contributed by atoms with Crippen LogP contribution in [-0.4, -0.2) is 47.0 Å². The smallest absolute Gasteiger partial charge is 0.245 e. The standard InChI is InChI=1S/C30H30Cl2N6O4S/c1-17-13-18(2)37-28-21(17)5-3-7-25(28)42-16-22-23(31)10-11-26(27(22)32)43(40,41)38-12-4-6-24(38)30(39)36-15-20-9-8-19(14-35-20)29(33)34/h3,5,7-11,13-14,24H,4,6,12,15-16H2,1-2H3,(H3,33,34)(H,36,39). The molecule has 224 valence electrons. The molecule has 43 heavy (non-hydrogen) atoms. The van der Waals surface area contributed by atoms with Crippen molar-refractivity contribution >= 4 is 55.9 Å². The second-order valence-corrected chi connectivity index (χ2v) is 12.9. The number of amidine groups is 1. The highest BCUT2D eigenvalue weighted by molar-refractivity contribution is 7.89. The van der Waals surface area contributed by atoms with Crippen molar-refractivity contribution in [1.82, 2.24) is 19.6 Å². The number of aryl methyl sites for hydroxylation is 2. The number of para-hydroxylation sites is 1. The number of sulfonamides is 1. The van der Waals surface area contributed by atoms with Crippen LogP contribution in [0, 0.1) is 19.3 Å². The summed E-state index contributed by atoms with van der Waals surface area (Å²) in [7, 11) is -4.17. The molecule has 0 bridgehead atoms. The van der Waals surface area contributed by atoms with Crippen molar-refractivity contribution in [3.63, 3.8) is 0 Å². The lowest BCUT2D eigenvalue weighted by Gasteiger charge is -2.24. The molecule has 0 aliphatic carbocycles. The van der Waals surface area contributed by atoms with Crippen LogP contribution in [0.5, 0.6) is 5.75 Å². The third kappa shape index (κ3) is 6.30. The third-order valence-electron chi connectivity index (χ3n) is 7.33. The van der Waals surface area contributed by atoms with E-state index in [1.165, 1.54) is 22.6 Å². The molecule has 3 heterocycles. The van der Waals surface area contributed by atoms with Gasteiger partial charge in [-0.25, -0.2) is 13.4 Å². The molecule has 1 aliphatic heterocycles. The minimum absolute atomic E-state index is 0.0612. The molecule has 1 amide bonds. The van der Waals surface area contributed by atoms with E-state index in [4.69, 9.17) is 39.1 Å². The van der Waals surface area contributed by atoms with Gasteiger partial charge in [0.25, 0.3) is 0 Å². The van der Waals surface area contributed by atoms with Crippen LogP contribution in [0.1, 0.15) is 40.9 Å². The van der Waals surface area contributed by atoms with Crippen molar-refractivity contribution in [3.05, 3.63) is 92.9 Å². The van der Waals surface area contributed by atoms with Crippen molar-refractivity contribution in [1.29, 1.82) is 5.41 Å². The summed E-state index contributed by atoms with van der Waals surface area (Å²) in [5.41, 5.74) is 9.37. The number of carbonyl (C=O) groups is 1. The molecule has 4 N–H and O–H groups in total. The Bertz CT molecular complexity index is 1830. The van der Waals surface area contributed by atoms with Gasteiger partial charge in [0.1, 0.15) is 34.6 Å². The number of fused-ring (bicyclic) bond motifs is 1. The fraction of sp³-hybridized carbons (Fsp3) is 0.267. The Kier molecular flexibility index (Phi) is 8.89. The maximum absolute atomic E-state index is 13.9. The van der Waals surface area contributed by atoms with Gasteiger partial charge in [0.2, 0.25) is 15.9 Å². The van der Waals surface area contributed by atoms with Crippen molar-refractivity contribution in [2.45, 2.75) is 50.8 Å². The van der Waals surface area contributed by atoms with Gasteiger partial charge in [0, 0.05) is 40.0 Å². The number of rotatable bonds is 9. The van der Waals surface area contributed by atoms with E-state index >= 15 is 0 Å². The largest absolute Gasteiger partial charge is 0.487 e. The van der Waals surface area contributed by atoms with Crippen LogP contribution in [0.25, 0.3) is 10.9 Å². The number of halogens is 2. The molecular formula is C30H30Cl2N6O4S. The summed E-state index contributed by atoms with van der Waals surface area (Å²) in [5.74, 6) is -0.0335. The number of ether oxygens (including phenoxy) is 1. The predicted molar refractivity (Wildman–Crippen MR) is 166 cm³/mol. The van der Waals surface area contributed by atoms with E-state index in [9.17, 15) is 13.2 Å². The van der Waals surface area contributed by atoms with E-state index in [1.807, 2.05) is 32.0 Å². The van der Waals surface area contributed by atoms with Crippen LogP contribution >= 0.6 is 23.2 Å². The zero-order chi connectivity index (χ0) is 30.9.